The standard InChI is InChI=1S/C12H17BrN2O/c1-14-9-10-2-3-12(11(13)8-10)15-4-6-16-7-5-15/h2-3,8,14H,4-7,9H2,1H3. The number of hydrogen-bond donors (Lipinski definition) is 1. The number of rotatable bonds is 3. The number of hydrogen-bond acceptors (Lipinski definition) is 3. The molecule has 1 aliphatic heterocycles. The summed E-state index contributed by atoms with van der Waals surface area (Å²) in [4.78, 5) is 2.36. The van der Waals surface area contributed by atoms with Crippen molar-refractivity contribution in [2.75, 3.05) is 38.3 Å². The average molecular weight is 285 g/mol. The van der Waals surface area contributed by atoms with Crippen LogP contribution in [0, 0.1) is 0 Å². The molecule has 4 heteroatoms. The van der Waals surface area contributed by atoms with E-state index < -0.39 is 0 Å². The molecule has 1 aliphatic rings. The quantitative estimate of drug-likeness (QED) is 0.919. The van der Waals surface area contributed by atoms with Crippen molar-refractivity contribution in [3.8, 4) is 0 Å². The van der Waals surface area contributed by atoms with Crippen LogP contribution in [0.2, 0.25) is 0 Å². The summed E-state index contributed by atoms with van der Waals surface area (Å²) in [7, 11) is 1.96. The summed E-state index contributed by atoms with van der Waals surface area (Å²) in [5, 5.41) is 3.16. The summed E-state index contributed by atoms with van der Waals surface area (Å²) >= 11 is 3.64. The predicted octanol–water partition coefficient (Wildman–Crippen LogP) is 2.01. The van der Waals surface area contributed by atoms with Gasteiger partial charge in [-0.3, -0.25) is 0 Å². The zero-order valence-electron chi connectivity index (χ0n) is 9.50. The van der Waals surface area contributed by atoms with Gasteiger partial charge in [0.1, 0.15) is 0 Å². The van der Waals surface area contributed by atoms with E-state index in [1.165, 1.54) is 15.7 Å². The first kappa shape index (κ1) is 11.9. The lowest BCUT2D eigenvalue weighted by atomic mass is 10.2. The van der Waals surface area contributed by atoms with E-state index in [2.05, 4.69) is 44.3 Å². The second-order valence-electron chi connectivity index (χ2n) is 3.92. The zero-order chi connectivity index (χ0) is 11.4. The molecule has 0 bridgehead atoms. The maximum Gasteiger partial charge on any atom is 0.0642 e. The molecule has 0 aromatic heterocycles. The van der Waals surface area contributed by atoms with Gasteiger partial charge in [0.05, 0.1) is 18.9 Å². The number of morpholine rings is 1. The maximum atomic E-state index is 5.36. The smallest absolute Gasteiger partial charge is 0.0642 e. The molecule has 0 spiro atoms. The summed E-state index contributed by atoms with van der Waals surface area (Å²) in [6.45, 7) is 4.51. The van der Waals surface area contributed by atoms with Gasteiger partial charge in [-0.2, -0.15) is 0 Å². The molecule has 0 amide bonds. The molecule has 3 nitrogen and oxygen atoms in total. The van der Waals surface area contributed by atoms with Crippen molar-refractivity contribution in [2.45, 2.75) is 6.54 Å². The zero-order valence-corrected chi connectivity index (χ0v) is 11.1. The van der Waals surface area contributed by atoms with Gasteiger partial charge in [0.25, 0.3) is 0 Å². The van der Waals surface area contributed by atoms with Gasteiger partial charge in [0, 0.05) is 24.1 Å². The van der Waals surface area contributed by atoms with Crippen molar-refractivity contribution >= 4 is 21.6 Å². The third kappa shape index (κ3) is 2.75. The van der Waals surface area contributed by atoms with Crippen molar-refractivity contribution < 1.29 is 4.74 Å². The van der Waals surface area contributed by atoms with E-state index in [1.807, 2.05) is 7.05 Å². The van der Waals surface area contributed by atoms with E-state index in [1.54, 1.807) is 0 Å². The molecule has 16 heavy (non-hydrogen) atoms. The number of ether oxygens (including phenoxy) is 1. The van der Waals surface area contributed by atoms with E-state index in [0.717, 1.165) is 32.8 Å². The molecular weight excluding hydrogens is 268 g/mol. The fourth-order valence-electron chi connectivity index (χ4n) is 1.93. The van der Waals surface area contributed by atoms with Gasteiger partial charge in [-0.15, -0.1) is 0 Å². The number of halogens is 1. The van der Waals surface area contributed by atoms with E-state index in [0.29, 0.717) is 0 Å². The fraction of sp³-hybridized carbons (Fsp3) is 0.500. The Bertz CT molecular complexity index is 351. The monoisotopic (exact) mass is 284 g/mol. The molecular formula is C12H17BrN2O. The molecule has 0 atom stereocenters. The molecule has 0 aliphatic carbocycles. The summed E-state index contributed by atoms with van der Waals surface area (Å²) < 4.78 is 6.53. The molecule has 1 N–H and O–H groups in total. The molecule has 88 valence electrons. The fourth-order valence-corrected chi connectivity index (χ4v) is 2.60. The molecule has 1 aromatic rings. The van der Waals surface area contributed by atoms with Gasteiger partial charge in [0.2, 0.25) is 0 Å². The first-order valence-corrected chi connectivity index (χ1v) is 6.36. The Hall–Kier alpha value is -0.580. The average Bonchev–Trinajstić information content (AvgIpc) is 2.31. The summed E-state index contributed by atoms with van der Waals surface area (Å²) in [5.74, 6) is 0. The van der Waals surface area contributed by atoms with Crippen molar-refractivity contribution in [1.82, 2.24) is 5.32 Å². The Labute approximate surface area is 105 Å². The van der Waals surface area contributed by atoms with Crippen molar-refractivity contribution in [1.29, 1.82) is 0 Å². The summed E-state index contributed by atoms with van der Waals surface area (Å²) in [6.07, 6.45) is 0. The first-order valence-electron chi connectivity index (χ1n) is 5.57. The largest absolute Gasteiger partial charge is 0.378 e. The lowest BCUT2D eigenvalue weighted by Crippen LogP contribution is -2.36. The summed E-state index contributed by atoms with van der Waals surface area (Å²) in [6, 6.07) is 6.54. The number of nitrogens with zero attached hydrogens (tertiary/aromatic N) is 1. The Morgan fingerprint density at radius 1 is 1.38 bits per heavy atom. The highest BCUT2D eigenvalue weighted by Gasteiger charge is 2.13. The van der Waals surface area contributed by atoms with Crippen LogP contribution >= 0.6 is 15.9 Å². The molecule has 1 aromatic carbocycles. The Morgan fingerprint density at radius 3 is 2.75 bits per heavy atom. The van der Waals surface area contributed by atoms with Gasteiger partial charge < -0.3 is 15.0 Å². The second kappa shape index (κ2) is 5.66. The predicted molar refractivity (Wildman–Crippen MR) is 69.9 cm³/mol. The van der Waals surface area contributed by atoms with Gasteiger partial charge >= 0.3 is 0 Å². The van der Waals surface area contributed by atoms with Crippen LogP contribution in [0.3, 0.4) is 0 Å². The number of benzene rings is 1. The van der Waals surface area contributed by atoms with Crippen LogP contribution in [0.15, 0.2) is 22.7 Å². The topological polar surface area (TPSA) is 24.5 Å². The molecule has 0 radical (unpaired) electrons. The lowest BCUT2D eigenvalue weighted by Gasteiger charge is -2.29. The molecule has 2 rings (SSSR count). The van der Waals surface area contributed by atoms with E-state index in [-0.39, 0.29) is 0 Å². The van der Waals surface area contributed by atoms with E-state index in [4.69, 9.17) is 4.74 Å². The van der Waals surface area contributed by atoms with Gasteiger partial charge in [-0.25, -0.2) is 0 Å². The van der Waals surface area contributed by atoms with Crippen molar-refractivity contribution in [2.24, 2.45) is 0 Å². The minimum Gasteiger partial charge on any atom is -0.378 e. The minimum atomic E-state index is 0.824. The maximum absolute atomic E-state index is 5.36. The van der Waals surface area contributed by atoms with Crippen molar-refractivity contribution in [3.05, 3.63) is 28.2 Å². The minimum absolute atomic E-state index is 0.824. The highest BCUT2D eigenvalue weighted by Crippen LogP contribution is 2.27. The van der Waals surface area contributed by atoms with Crippen LogP contribution in [0.25, 0.3) is 0 Å². The van der Waals surface area contributed by atoms with Gasteiger partial charge in [-0.1, -0.05) is 6.07 Å². The Kier molecular flexibility index (Phi) is 4.21. The summed E-state index contributed by atoms with van der Waals surface area (Å²) in [5.41, 5.74) is 2.56. The molecule has 1 fully saturated rings. The normalized spacial score (nSPS) is 16.5. The number of nitrogens with one attached hydrogen (secondary N) is 1. The lowest BCUT2D eigenvalue weighted by molar-refractivity contribution is 0.122. The molecule has 1 heterocycles. The third-order valence-electron chi connectivity index (χ3n) is 2.74. The highest BCUT2D eigenvalue weighted by atomic mass is 79.9. The van der Waals surface area contributed by atoms with Crippen LogP contribution in [0.1, 0.15) is 5.56 Å². The van der Waals surface area contributed by atoms with Gasteiger partial charge in [-0.05, 0) is 40.7 Å². The van der Waals surface area contributed by atoms with E-state index >= 15 is 0 Å². The SMILES string of the molecule is CNCc1ccc(N2CCOCC2)c(Br)c1. The number of anilines is 1. The highest BCUT2D eigenvalue weighted by molar-refractivity contribution is 9.10. The second-order valence-corrected chi connectivity index (χ2v) is 4.77. The van der Waals surface area contributed by atoms with Crippen LogP contribution in [-0.4, -0.2) is 33.4 Å². The molecule has 0 unspecified atom stereocenters. The van der Waals surface area contributed by atoms with Crippen LogP contribution < -0.4 is 10.2 Å². The molecule has 1 saturated heterocycles. The van der Waals surface area contributed by atoms with Crippen molar-refractivity contribution in [3.63, 3.8) is 0 Å². The molecule has 0 saturated carbocycles. The van der Waals surface area contributed by atoms with E-state index in [9.17, 15) is 0 Å². The Morgan fingerprint density at radius 2 is 2.12 bits per heavy atom. The third-order valence-corrected chi connectivity index (χ3v) is 3.38. The Balaban J connectivity index is 2.14. The van der Waals surface area contributed by atoms with Crippen LogP contribution in [0.5, 0.6) is 0 Å². The van der Waals surface area contributed by atoms with Gasteiger partial charge in [0.15, 0.2) is 0 Å². The van der Waals surface area contributed by atoms with Crippen LogP contribution in [-0.2, 0) is 11.3 Å². The van der Waals surface area contributed by atoms with Crippen LogP contribution in [0.4, 0.5) is 5.69 Å². The first-order chi connectivity index (χ1) is 7.81.